The highest BCUT2D eigenvalue weighted by molar-refractivity contribution is 5.36. The minimum atomic E-state index is -4.70. The topological polar surface area (TPSA) is 46.2 Å². The molecular weight excluding hydrogens is 202 g/mol. The van der Waals surface area contributed by atoms with E-state index < -0.39 is 29.3 Å². The number of alkyl halides is 3. The van der Waals surface area contributed by atoms with Gasteiger partial charge >= 0.3 is 6.18 Å². The summed E-state index contributed by atoms with van der Waals surface area (Å²) in [5, 5.41) is 8.98. The molecule has 0 fully saturated rings. The highest BCUT2D eigenvalue weighted by Crippen LogP contribution is 2.35. The van der Waals surface area contributed by atoms with Gasteiger partial charge in [0, 0.05) is 5.56 Å². The molecule has 0 saturated heterocycles. The summed E-state index contributed by atoms with van der Waals surface area (Å²) in [4.78, 5) is 0. The van der Waals surface area contributed by atoms with E-state index in [1.807, 2.05) is 0 Å². The maximum atomic E-state index is 12.7. The number of aromatic hydroxyl groups is 1. The summed E-state index contributed by atoms with van der Waals surface area (Å²) in [5.41, 5.74) is 4.12. The second-order valence-electron chi connectivity index (χ2n) is 2.70. The van der Waals surface area contributed by atoms with Crippen LogP contribution < -0.4 is 5.73 Å². The normalized spacial score (nSPS) is 14.1. The van der Waals surface area contributed by atoms with Gasteiger partial charge in [-0.25, -0.2) is 4.39 Å². The first kappa shape index (κ1) is 10.8. The Bertz CT molecular complexity index is 337. The number of nitrogens with two attached hydrogens (primary N) is 1. The zero-order valence-electron chi connectivity index (χ0n) is 6.85. The third-order valence-electron chi connectivity index (χ3n) is 1.71. The molecule has 0 heterocycles. The number of benzene rings is 1. The Labute approximate surface area is 77.0 Å². The third-order valence-corrected chi connectivity index (χ3v) is 1.71. The highest BCUT2D eigenvalue weighted by Gasteiger charge is 2.39. The van der Waals surface area contributed by atoms with Crippen LogP contribution in [0.3, 0.4) is 0 Å². The first-order valence-corrected chi connectivity index (χ1v) is 3.63. The van der Waals surface area contributed by atoms with Crippen LogP contribution in [0, 0.1) is 5.82 Å². The van der Waals surface area contributed by atoms with E-state index in [-0.39, 0.29) is 0 Å². The molecule has 0 amide bonds. The van der Waals surface area contributed by atoms with Gasteiger partial charge in [-0.3, -0.25) is 0 Å². The SMILES string of the molecule is N[C@H](c1cccc(F)c1O)C(F)(F)F. The van der Waals surface area contributed by atoms with Gasteiger partial charge < -0.3 is 10.8 Å². The summed E-state index contributed by atoms with van der Waals surface area (Å²) in [7, 11) is 0. The summed E-state index contributed by atoms with van der Waals surface area (Å²) < 4.78 is 48.9. The van der Waals surface area contributed by atoms with Gasteiger partial charge in [-0.2, -0.15) is 13.2 Å². The Morgan fingerprint density at radius 2 is 1.86 bits per heavy atom. The molecule has 0 saturated carbocycles. The predicted octanol–water partition coefficient (Wildman–Crippen LogP) is 2.09. The van der Waals surface area contributed by atoms with E-state index >= 15 is 0 Å². The van der Waals surface area contributed by atoms with Gasteiger partial charge in [0.15, 0.2) is 11.6 Å². The van der Waals surface area contributed by atoms with Gasteiger partial charge in [0.2, 0.25) is 0 Å². The Hall–Kier alpha value is -1.30. The van der Waals surface area contributed by atoms with E-state index in [0.29, 0.717) is 0 Å². The third kappa shape index (κ3) is 1.95. The van der Waals surface area contributed by atoms with E-state index in [1.165, 1.54) is 0 Å². The molecule has 0 aliphatic carbocycles. The zero-order valence-corrected chi connectivity index (χ0v) is 6.85. The lowest BCUT2D eigenvalue weighted by molar-refractivity contribution is -0.149. The van der Waals surface area contributed by atoms with Crippen LogP contribution in [0.1, 0.15) is 11.6 Å². The summed E-state index contributed by atoms with van der Waals surface area (Å²) >= 11 is 0. The molecule has 2 nitrogen and oxygen atoms in total. The largest absolute Gasteiger partial charge is 0.505 e. The van der Waals surface area contributed by atoms with Crippen LogP contribution in [0.25, 0.3) is 0 Å². The van der Waals surface area contributed by atoms with Crippen LogP contribution in [0.5, 0.6) is 5.75 Å². The quantitative estimate of drug-likeness (QED) is 0.695. The molecule has 0 bridgehead atoms. The van der Waals surface area contributed by atoms with Crippen LogP contribution in [0.4, 0.5) is 17.6 Å². The second kappa shape index (κ2) is 3.45. The van der Waals surface area contributed by atoms with Crippen molar-refractivity contribution in [1.82, 2.24) is 0 Å². The lowest BCUT2D eigenvalue weighted by Crippen LogP contribution is -2.28. The number of rotatable bonds is 1. The lowest BCUT2D eigenvalue weighted by Gasteiger charge is -2.16. The molecule has 6 heteroatoms. The molecule has 1 aromatic carbocycles. The van der Waals surface area contributed by atoms with Gasteiger partial charge in [0.25, 0.3) is 0 Å². The minimum Gasteiger partial charge on any atom is -0.505 e. The monoisotopic (exact) mass is 209 g/mol. The van der Waals surface area contributed by atoms with Crippen molar-refractivity contribution in [1.29, 1.82) is 0 Å². The van der Waals surface area contributed by atoms with E-state index in [4.69, 9.17) is 10.8 Å². The maximum Gasteiger partial charge on any atom is 0.407 e. The molecule has 0 unspecified atom stereocenters. The Balaban J connectivity index is 3.14. The molecule has 14 heavy (non-hydrogen) atoms. The van der Waals surface area contributed by atoms with Crippen LogP contribution in [0.15, 0.2) is 18.2 Å². The summed E-state index contributed by atoms with van der Waals surface area (Å²) in [6.45, 7) is 0. The molecule has 1 atom stereocenters. The maximum absolute atomic E-state index is 12.7. The molecule has 0 aliphatic rings. The second-order valence-corrected chi connectivity index (χ2v) is 2.70. The van der Waals surface area contributed by atoms with Crippen molar-refractivity contribution in [3.8, 4) is 5.75 Å². The molecular formula is C8H7F4NO. The molecule has 1 rings (SSSR count). The van der Waals surface area contributed by atoms with Gasteiger partial charge in [-0.05, 0) is 6.07 Å². The summed E-state index contributed by atoms with van der Waals surface area (Å²) in [6, 6.07) is 0.451. The average Bonchev–Trinajstić information content (AvgIpc) is 2.07. The van der Waals surface area contributed by atoms with Crippen molar-refractivity contribution in [2.45, 2.75) is 12.2 Å². The van der Waals surface area contributed by atoms with Crippen molar-refractivity contribution in [2.75, 3.05) is 0 Å². The van der Waals surface area contributed by atoms with Crippen molar-refractivity contribution >= 4 is 0 Å². The molecule has 0 aromatic heterocycles. The first-order valence-electron chi connectivity index (χ1n) is 3.63. The van der Waals surface area contributed by atoms with Crippen LogP contribution in [0.2, 0.25) is 0 Å². The first-order chi connectivity index (χ1) is 6.34. The standard InChI is InChI=1S/C8H7F4NO/c9-5-3-1-2-4(6(5)14)7(13)8(10,11)12/h1-3,7,14H,13H2/t7-/m1/s1. The predicted molar refractivity (Wildman–Crippen MR) is 41.0 cm³/mol. The smallest absolute Gasteiger partial charge is 0.407 e. The summed E-state index contributed by atoms with van der Waals surface area (Å²) in [6.07, 6.45) is -4.70. The fourth-order valence-corrected chi connectivity index (χ4v) is 0.959. The highest BCUT2D eigenvalue weighted by atomic mass is 19.4. The Morgan fingerprint density at radius 1 is 1.29 bits per heavy atom. The van der Waals surface area contributed by atoms with E-state index in [9.17, 15) is 17.6 Å². The van der Waals surface area contributed by atoms with Crippen LogP contribution in [-0.2, 0) is 0 Å². The Kier molecular flexibility index (Phi) is 2.66. The fourth-order valence-electron chi connectivity index (χ4n) is 0.959. The lowest BCUT2D eigenvalue weighted by atomic mass is 10.1. The minimum absolute atomic E-state index is 0.669. The van der Waals surface area contributed by atoms with E-state index in [1.54, 1.807) is 0 Å². The molecule has 1 aromatic rings. The van der Waals surface area contributed by atoms with E-state index in [0.717, 1.165) is 18.2 Å². The van der Waals surface area contributed by atoms with E-state index in [2.05, 4.69) is 0 Å². The molecule has 0 spiro atoms. The van der Waals surface area contributed by atoms with Crippen LogP contribution >= 0.6 is 0 Å². The van der Waals surface area contributed by atoms with Crippen LogP contribution in [-0.4, -0.2) is 11.3 Å². The number of halogens is 4. The van der Waals surface area contributed by atoms with Crippen molar-refractivity contribution < 1.29 is 22.7 Å². The number of hydrogen-bond donors (Lipinski definition) is 2. The van der Waals surface area contributed by atoms with Gasteiger partial charge in [0.05, 0.1) is 0 Å². The van der Waals surface area contributed by atoms with Crippen molar-refractivity contribution in [2.24, 2.45) is 5.73 Å². The summed E-state index contributed by atoms with van der Waals surface area (Å²) in [5.74, 6) is -2.18. The average molecular weight is 209 g/mol. The molecule has 3 N–H and O–H groups in total. The number of phenolic OH excluding ortho intramolecular Hbond substituents is 1. The molecule has 0 radical (unpaired) electrons. The Morgan fingerprint density at radius 3 is 2.36 bits per heavy atom. The van der Waals surface area contributed by atoms with Gasteiger partial charge in [-0.15, -0.1) is 0 Å². The van der Waals surface area contributed by atoms with Gasteiger partial charge in [0.1, 0.15) is 6.04 Å². The number of para-hydroxylation sites is 1. The van der Waals surface area contributed by atoms with Crippen molar-refractivity contribution in [3.63, 3.8) is 0 Å². The van der Waals surface area contributed by atoms with Gasteiger partial charge in [-0.1, -0.05) is 12.1 Å². The number of hydrogen-bond acceptors (Lipinski definition) is 2. The molecule has 78 valence electrons. The zero-order chi connectivity index (χ0) is 10.9. The molecule has 0 aliphatic heterocycles. The number of phenols is 1. The van der Waals surface area contributed by atoms with Crippen molar-refractivity contribution in [3.05, 3.63) is 29.6 Å². The fraction of sp³-hybridized carbons (Fsp3) is 0.250.